The molecule has 0 unspecified atom stereocenters. The Morgan fingerprint density at radius 2 is 2.14 bits per heavy atom. The summed E-state index contributed by atoms with van der Waals surface area (Å²) in [4.78, 5) is 27.3. The number of fused-ring (bicyclic) bond motifs is 1. The standard InChI is InChI=1S/C17H20N2O3/c1-2-15(20)12-7-8-14-13(10-12)18-17(11-5-6-11)19(14)9-3-4-16(21)22/h7-8,10-11H,2-6,9H2,1H3,(H,21,22). The average Bonchev–Trinajstić information content (AvgIpc) is 3.28. The number of benzene rings is 1. The molecule has 1 heterocycles. The van der Waals surface area contributed by atoms with Crippen LogP contribution in [0.1, 0.15) is 61.1 Å². The molecule has 22 heavy (non-hydrogen) atoms. The number of Topliss-reactive ketones (excluding diaryl/α,β-unsaturated/α-hetero) is 1. The molecule has 1 aliphatic carbocycles. The van der Waals surface area contributed by atoms with E-state index in [1.807, 2.05) is 25.1 Å². The normalized spacial score (nSPS) is 14.4. The van der Waals surface area contributed by atoms with Crippen molar-refractivity contribution >= 4 is 22.8 Å². The highest BCUT2D eigenvalue weighted by atomic mass is 16.4. The minimum atomic E-state index is -0.770. The SMILES string of the molecule is CCC(=O)c1ccc2c(c1)nc(C1CC1)n2CCCC(=O)O. The molecule has 0 radical (unpaired) electrons. The molecule has 0 bridgehead atoms. The van der Waals surface area contributed by atoms with Gasteiger partial charge in [0, 0.05) is 30.9 Å². The van der Waals surface area contributed by atoms with E-state index >= 15 is 0 Å². The summed E-state index contributed by atoms with van der Waals surface area (Å²) < 4.78 is 2.14. The van der Waals surface area contributed by atoms with Crippen molar-refractivity contribution in [2.24, 2.45) is 0 Å². The van der Waals surface area contributed by atoms with E-state index in [1.54, 1.807) is 0 Å². The summed E-state index contributed by atoms with van der Waals surface area (Å²) in [5, 5.41) is 8.81. The molecule has 0 spiro atoms. The number of carbonyl (C=O) groups is 2. The third-order valence-corrected chi connectivity index (χ3v) is 4.14. The maximum Gasteiger partial charge on any atom is 0.303 e. The molecular weight excluding hydrogens is 280 g/mol. The molecule has 5 nitrogen and oxygen atoms in total. The van der Waals surface area contributed by atoms with Crippen LogP contribution >= 0.6 is 0 Å². The van der Waals surface area contributed by atoms with Gasteiger partial charge >= 0.3 is 5.97 Å². The number of aromatic nitrogens is 2. The Kier molecular flexibility index (Phi) is 3.96. The van der Waals surface area contributed by atoms with E-state index in [1.165, 1.54) is 0 Å². The van der Waals surface area contributed by atoms with Crippen LogP contribution in [0.5, 0.6) is 0 Å². The summed E-state index contributed by atoms with van der Waals surface area (Å²) in [5.41, 5.74) is 2.55. The van der Waals surface area contributed by atoms with Gasteiger partial charge in [0.05, 0.1) is 11.0 Å². The minimum absolute atomic E-state index is 0.121. The van der Waals surface area contributed by atoms with Crippen molar-refractivity contribution in [2.75, 3.05) is 0 Å². The first-order valence-corrected chi connectivity index (χ1v) is 7.85. The number of carboxylic acids is 1. The lowest BCUT2D eigenvalue weighted by Gasteiger charge is -2.08. The van der Waals surface area contributed by atoms with Gasteiger partial charge in [0.25, 0.3) is 0 Å². The lowest BCUT2D eigenvalue weighted by atomic mass is 10.1. The van der Waals surface area contributed by atoms with Crippen LogP contribution in [0.25, 0.3) is 11.0 Å². The fourth-order valence-electron chi connectivity index (χ4n) is 2.80. The second kappa shape index (κ2) is 5.91. The van der Waals surface area contributed by atoms with E-state index in [9.17, 15) is 9.59 Å². The maximum atomic E-state index is 11.8. The number of carbonyl (C=O) groups excluding carboxylic acids is 1. The van der Waals surface area contributed by atoms with Gasteiger partial charge in [-0.05, 0) is 37.5 Å². The molecule has 1 aromatic carbocycles. The molecule has 2 aromatic rings. The van der Waals surface area contributed by atoms with Gasteiger partial charge in [0.2, 0.25) is 0 Å². The first-order chi connectivity index (χ1) is 10.6. The molecule has 0 aliphatic heterocycles. The molecule has 1 aromatic heterocycles. The third kappa shape index (κ3) is 2.89. The molecule has 1 N–H and O–H groups in total. The third-order valence-electron chi connectivity index (χ3n) is 4.14. The number of ketones is 1. The number of hydrogen-bond acceptors (Lipinski definition) is 3. The molecule has 0 amide bonds. The van der Waals surface area contributed by atoms with Crippen LogP contribution in [0.2, 0.25) is 0 Å². The number of hydrogen-bond donors (Lipinski definition) is 1. The summed E-state index contributed by atoms with van der Waals surface area (Å²) in [5.74, 6) is 0.882. The quantitative estimate of drug-likeness (QED) is 0.796. The molecule has 116 valence electrons. The van der Waals surface area contributed by atoms with Gasteiger partial charge in [-0.25, -0.2) is 4.98 Å². The second-order valence-electron chi connectivity index (χ2n) is 5.87. The van der Waals surface area contributed by atoms with Crippen molar-refractivity contribution in [3.63, 3.8) is 0 Å². The Balaban J connectivity index is 1.95. The molecule has 3 rings (SSSR count). The van der Waals surface area contributed by atoms with Crippen molar-refractivity contribution in [2.45, 2.75) is 51.5 Å². The Labute approximate surface area is 129 Å². The van der Waals surface area contributed by atoms with Crippen LogP contribution in [-0.4, -0.2) is 26.4 Å². The van der Waals surface area contributed by atoms with Crippen LogP contribution in [0.3, 0.4) is 0 Å². The number of nitrogens with zero attached hydrogens (tertiary/aromatic N) is 2. The van der Waals surface area contributed by atoms with E-state index in [4.69, 9.17) is 10.1 Å². The van der Waals surface area contributed by atoms with Crippen LogP contribution in [0.4, 0.5) is 0 Å². The van der Waals surface area contributed by atoms with Gasteiger partial charge in [0.15, 0.2) is 5.78 Å². The van der Waals surface area contributed by atoms with Gasteiger partial charge in [-0.3, -0.25) is 9.59 Å². The first-order valence-electron chi connectivity index (χ1n) is 7.85. The topological polar surface area (TPSA) is 72.2 Å². The van der Waals surface area contributed by atoms with E-state index in [0.717, 1.165) is 29.7 Å². The largest absolute Gasteiger partial charge is 0.481 e. The van der Waals surface area contributed by atoms with Gasteiger partial charge in [0.1, 0.15) is 5.82 Å². The second-order valence-corrected chi connectivity index (χ2v) is 5.87. The van der Waals surface area contributed by atoms with Crippen molar-refractivity contribution in [1.82, 2.24) is 9.55 Å². The molecule has 0 saturated heterocycles. The van der Waals surface area contributed by atoms with Gasteiger partial charge in [-0.15, -0.1) is 0 Å². The highest BCUT2D eigenvalue weighted by Gasteiger charge is 2.29. The van der Waals surface area contributed by atoms with Crippen LogP contribution < -0.4 is 0 Å². The fraction of sp³-hybridized carbons (Fsp3) is 0.471. The number of rotatable bonds is 7. The molecule has 5 heteroatoms. The highest BCUT2D eigenvalue weighted by molar-refractivity contribution is 5.98. The summed E-state index contributed by atoms with van der Waals surface area (Å²) in [6, 6.07) is 5.65. The monoisotopic (exact) mass is 300 g/mol. The Hall–Kier alpha value is -2.17. The van der Waals surface area contributed by atoms with Gasteiger partial charge in [-0.1, -0.05) is 6.92 Å². The summed E-state index contributed by atoms with van der Waals surface area (Å²) in [7, 11) is 0. The van der Waals surface area contributed by atoms with E-state index in [2.05, 4.69) is 4.57 Å². The van der Waals surface area contributed by atoms with E-state index in [-0.39, 0.29) is 12.2 Å². The lowest BCUT2D eigenvalue weighted by Crippen LogP contribution is -2.05. The molecule has 1 aliphatic rings. The number of aryl methyl sites for hydroxylation is 1. The smallest absolute Gasteiger partial charge is 0.303 e. The molecular formula is C17H20N2O3. The van der Waals surface area contributed by atoms with Crippen LogP contribution in [-0.2, 0) is 11.3 Å². The predicted octanol–water partition coefficient (Wildman–Crippen LogP) is 3.37. The Morgan fingerprint density at radius 1 is 1.36 bits per heavy atom. The van der Waals surface area contributed by atoms with Crippen molar-refractivity contribution in [3.8, 4) is 0 Å². The summed E-state index contributed by atoms with van der Waals surface area (Å²) >= 11 is 0. The summed E-state index contributed by atoms with van der Waals surface area (Å²) in [6.45, 7) is 2.52. The number of carboxylic acid groups (broad SMARTS) is 1. The van der Waals surface area contributed by atoms with Crippen LogP contribution in [0, 0.1) is 0 Å². The average molecular weight is 300 g/mol. The first kappa shape index (κ1) is 14.8. The Morgan fingerprint density at radius 3 is 2.77 bits per heavy atom. The molecule has 0 atom stereocenters. The predicted molar refractivity (Wildman–Crippen MR) is 83.2 cm³/mol. The number of aliphatic carboxylic acids is 1. The highest BCUT2D eigenvalue weighted by Crippen LogP contribution is 2.40. The Bertz CT molecular complexity index is 729. The molecule has 1 fully saturated rings. The zero-order valence-electron chi connectivity index (χ0n) is 12.7. The van der Waals surface area contributed by atoms with Gasteiger partial charge < -0.3 is 9.67 Å². The minimum Gasteiger partial charge on any atom is -0.481 e. The number of imidazole rings is 1. The van der Waals surface area contributed by atoms with Crippen molar-refractivity contribution in [1.29, 1.82) is 0 Å². The fourth-order valence-corrected chi connectivity index (χ4v) is 2.80. The summed E-state index contributed by atoms with van der Waals surface area (Å²) in [6.07, 6.45) is 3.53. The van der Waals surface area contributed by atoms with Crippen LogP contribution in [0.15, 0.2) is 18.2 Å². The van der Waals surface area contributed by atoms with E-state index in [0.29, 0.717) is 30.9 Å². The van der Waals surface area contributed by atoms with Gasteiger partial charge in [-0.2, -0.15) is 0 Å². The van der Waals surface area contributed by atoms with Crippen molar-refractivity contribution in [3.05, 3.63) is 29.6 Å². The maximum absolute atomic E-state index is 11.8. The zero-order valence-corrected chi connectivity index (χ0v) is 12.7. The zero-order chi connectivity index (χ0) is 15.7. The van der Waals surface area contributed by atoms with Crippen molar-refractivity contribution < 1.29 is 14.7 Å². The molecule has 1 saturated carbocycles. The lowest BCUT2D eigenvalue weighted by molar-refractivity contribution is -0.137. The van der Waals surface area contributed by atoms with E-state index < -0.39 is 5.97 Å².